The van der Waals surface area contributed by atoms with Crippen LogP contribution in [0.3, 0.4) is 0 Å². The molecule has 1 heterocycles. The van der Waals surface area contributed by atoms with Crippen LogP contribution in [0.5, 0.6) is 0 Å². The first-order chi connectivity index (χ1) is 12.1. The molecule has 2 N–H and O–H groups in total. The molecule has 7 heteroatoms. The number of guanidine groups is 1. The number of aryl methyl sites for hydroxylation is 1. The lowest BCUT2D eigenvalue weighted by Crippen LogP contribution is -2.40. The molecule has 0 spiro atoms. The molecule has 0 bridgehead atoms. The molecule has 0 saturated heterocycles. The number of hydrogen-bond donors (Lipinski definition) is 2. The van der Waals surface area contributed by atoms with E-state index in [-0.39, 0.29) is 0 Å². The molecule has 0 amide bonds. The van der Waals surface area contributed by atoms with Crippen LogP contribution < -0.4 is 10.6 Å². The Bertz CT molecular complexity index is 650. The molecule has 2 rings (SSSR count). The van der Waals surface area contributed by atoms with Crippen molar-refractivity contribution in [3.8, 4) is 0 Å². The van der Waals surface area contributed by atoms with Crippen molar-refractivity contribution in [2.24, 2.45) is 12.0 Å². The summed E-state index contributed by atoms with van der Waals surface area (Å²) in [5, 5.41) is 10.7. The number of nitrogens with one attached hydrogen (secondary N) is 2. The fourth-order valence-corrected chi connectivity index (χ4v) is 2.51. The molecular weight excluding hydrogens is 314 g/mol. The van der Waals surface area contributed by atoms with Crippen LogP contribution in [-0.2, 0) is 20.1 Å². The van der Waals surface area contributed by atoms with E-state index in [0.29, 0.717) is 12.6 Å². The lowest BCUT2D eigenvalue weighted by atomic mass is 10.1. The molecule has 0 aliphatic carbocycles. The van der Waals surface area contributed by atoms with Gasteiger partial charge < -0.3 is 10.6 Å². The highest BCUT2D eigenvalue weighted by Crippen LogP contribution is 2.07. The third kappa shape index (κ3) is 6.19. The summed E-state index contributed by atoms with van der Waals surface area (Å²) in [5.74, 6) is 1.65. The van der Waals surface area contributed by atoms with E-state index in [2.05, 4.69) is 74.9 Å². The molecule has 0 saturated carbocycles. The van der Waals surface area contributed by atoms with Gasteiger partial charge in [0, 0.05) is 33.2 Å². The second kappa shape index (κ2) is 9.78. The molecular formula is C18H29N7. The van der Waals surface area contributed by atoms with Crippen LogP contribution in [0.4, 0.5) is 0 Å². The Morgan fingerprint density at radius 2 is 2.04 bits per heavy atom. The number of aliphatic imine (C=N–C) groups is 1. The van der Waals surface area contributed by atoms with Gasteiger partial charge in [-0.05, 0) is 26.0 Å². The Balaban J connectivity index is 1.69. The van der Waals surface area contributed by atoms with E-state index in [1.165, 1.54) is 5.56 Å². The van der Waals surface area contributed by atoms with Crippen molar-refractivity contribution in [2.45, 2.75) is 32.5 Å². The largest absolute Gasteiger partial charge is 0.356 e. The molecule has 2 aromatic rings. The highest BCUT2D eigenvalue weighted by Gasteiger charge is 2.10. The van der Waals surface area contributed by atoms with E-state index in [1.54, 1.807) is 18.1 Å². The molecule has 136 valence electrons. The SMILES string of the molecule is CN=C(NCCC(C)N(C)Cc1ccccc1)NCc1ncnn1C. The molecule has 0 aliphatic rings. The van der Waals surface area contributed by atoms with Gasteiger partial charge in [0.1, 0.15) is 12.2 Å². The minimum atomic E-state index is 0.476. The van der Waals surface area contributed by atoms with Gasteiger partial charge in [-0.1, -0.05) is 30.3 Å². The Morgan fingerprint density at radius 3 is 2.68 bits per heavy atom. The number of rotatable bonds is 8. The third-order valence-electron chi connectivity index (χ3n) is 4.32. The van der Waals surface area contributed by atoms with Crippen LogP contribution in [0.1, 0.15) is 24.7 Å². The van der Waals surface area contributed by atoms with Crippen molar-refractivity contribution >= 4 is 5.96 Å². The van der Waals surface area contributed by atoms with Crippen molar-refractivity contribution < 1.29 is 0 Å². The zero-order valence-electron chi connectivity index (χ0n) is 15.6. The highest BCUT2D eigenvalue weighted by atomic mass is 15.3. The summed E-state index contributed by atoms with van der Waals surface area (Å²) in [6, 6.07) is 11.0. The quantitative estimate of drug-likeness (QED) is 0.560. The predicted molar refractivity (Wildman–Crippen MR) is 101 cm³/mol. The molecule has 0 aliphatic heterocycles. The lowest BCUT2D eigenvalue weighted by Gasteiger charge is -2.25. The van der Waals surface area contributed by atoms with Gasteiger partial charge in [0.2, 0.25) is 0 Å². The van der Waals surface area contributed by atoms with Crippen molar-refractivity contribution in [1.82, 2.24) is 30.3 Å². The summed E-state index contributed by atoms with van der Waals surface area (Å²) in [4.78, 5) is 10.8. The topological polar surface area (TPSA) is 70.4 Å². The zero-order chi connectivity index (χ0) is 18.1. The summed E-state index contributed by atoms with van der Waals surface area (Å²) < 4.78 is 1.75. The summed E-state index contributed by atoms with van der Waals surface area (Å²) >= 11 is 0. The number of nitrogens with zero attached hydrogens (tertiary/aromatic N) is 5. The van der Waals surface area contributed by atoms with E-state index in [1.807, 2.05) is 7.05 Å². The fraction of sp³-hybridized carbons (Fsp3) is 0.500. The van der Waals surface area contributed by atoms with E-state index < -0.39 is 0 Å². The maximum atomic E-state index is 4.25. The van der Waals surface area contributed by atoms with Crippen molar-refractivity contribution in [2.75, 3.05) is 20.6 Å². The molecule has 1 aromatic heterocycles. The minimum absolute atomic E-state index is 0.476. The highest BCUT2D eigenvalue weighted by molar-refractivity contribution is 5.79. The van der Waals surface area contributed by atoms with Gasteiger partial charge in [-0.3, -0.25) is 14.6 Å². The average molecular weight is 343 g/mol. The molecule has 25 heavy (non-hydrogen) atoms. The van der Waals surface area contributed by atoms with Crippen molar-refractivity contribution in [1.29, 1.82) is 0 Å². The van der Waals surface area contributed by atoms with Crippen LogP contribution in [0.2, 0.25) is 0 Å². The predicted octanol–water partition coefficient (Wildman–Crippen LogP) is 1.39. The first-order valence-corrected chi connectivity index (χ1v) is 8.61. The average Bonchev–Trinajstić information content (AvgIpc) is 3.03. The molecule has 7 nitrogen and oxygen atoms in total. The Labute approximate surface area is 150 Å². The van der Waals surface area contributed by atoms with E-state index in [4.69, 9.17) is 0 Å². The molecule has 1 atom stereocenters. The number of benzene rings is 1. The van der Waals surface area contributed by atoms with E-state index in [9.17, 15) is 0 Å². The van der Waals surface area contributed by atoms with E-state index >= 15 is 0 Å². The van der Waals surface area contributed by atoms with Gasteiger partial charge in [-0.15, -0.1) is 0 Å². The Kier molecular flexibility index (Phi) is 7.40. The first-order valence-electron chi connectivity index (χ1n) is 8.61. The second-order valence-corrected chi connectivity index (χ2v) is 6.19. The van der Waals surface area contributed by atoms with Crippen LogP contribution in [0.25, 0.3) is 0 Å². The van der Waals surface area contributed by atoms with Crippen LogP contribution in [0.15, 0.2) is 41.7 Å². The van der Waals surface area contributed by atoms with Gasteiger partial charge in [0.25, 0.3) is 0 Å². The van der Waals surface area contributed by atoms with Gasteiger partial charge in [0.05, 0.1) is 6.54 Å². The second-order valence-electron chi connectivity index (χ2n) is 6.19. The maximum Gasteiger partial charge on any atom is 0.191 e. The molecule has 0 fully saturated rings. The van der Waals surface area contributed by atoms with Gasteiger partial charge in [-0.25, -0.2) is 4.98 Å². The Morgan fingerprint density at radius 1 is 1.28 bits per heavy atom. The summed E-state index contributed by atoms with van der Waals surface area (Å²) in [6.45, 7) is 4.67. The molecule has 0 radical (unpaired) electrons. The van der Waals surface area contributed by atoms with Gasteiger partial charge >= 0.3 is 0 Å². The standard InChI is InChI=1S/C18H29N7/c1-15(24(3)13-16-8-6-5-7-9-16)10-11-20-18(19-2)21-12-17-22-14-23-25(17)4/h5-9,14-15H,10-13H2,1-4H3,(H2,19,20,21). The summed E-state index contributed by atoms with van der Waals surface area (Å²) in [5.41, 5.74) is 1.34. The van der Waals surface area contributed by atoms with Crippen molar-refractivity contribution in [3.63, 3.8) is 0 Å². The number of hydrogen-bond acceptors (Lipinski definition) is 4. The summed E-state index contributed by atoms with van der Waals surface area (Å²) in [7, 11) is 5.82. The molecule has 1 unspecified atom stereocenters. The first kappa shape index (κ1) is 18.9. The van der Waals surface area contributed by atoms with Crippen LogP contribution in [-0.4, -0.2) is 52.3 Å². The molecule has 1 aromatic carbocycles. The normalized spacial score (nSPS) is 13.1. The minimum Gasteiger partial charge on any atom is -0.356 e. The van der Waals surface area contributed by atoms with Gasteiger partial charge in [-0.2, -0.15) is 5.10 Å². The fourth-order valence-electron chi connectivity index (χ4n) is 2.51. The smallest absolute Gasteiger partial charge is 0.191 e. The zero-order valence-corrected chi connectivity index (χ0v) is 15.6. The summed E-state index contributed by atoms with van der Waals surface area (Å²) in [6.07, 6.45) is 2.59. The number of aromatic nitrogens is 3. The van der Waals surface area contributed by atoms with Crippen LogP contribution >= 0.6 is 0 Å². The van der Waals surface area contributed by atoms with Crippen LogP contribution in [0, 0.1) is 0 Å². The van der Waals surface area contributed by atoms with Crippen molar-refractivity contribution in [3.05, 3.63) is 48.0 Å². The maximum absolute atomic E-state index is 4.25. The lowest BCUT2D eigenvalue weighted by molar-refractivity contribution is 0.238. The van der Waals surface area contributed by atoms with E-state index in [0.717, 1.165) is 31.3 Å². The third-order valence-corrected chi connectivity index (χ3v) is 4.32. The monoisotopic (exact) mass is 343 g/mol. The van der Waals surface area contributed by atoms with Gasteiger partial charge in [0.15, 0.2) is 5.96 Å². The Hall–Kier alpha value is -2.41.